The number of nitrogens with one attached hydrogen (secondary N) is 2. The summed E-state index contributed by atoms with van der Waals surface area (Å²) in [6.45, 7) is 6.17. The number of carbonyl (C=O) groups excluding carboxylic acids is 2. The SMILES string of the molecule is CC(C)(C)OC(=O)Cc1ccc2c(c1)CCN2C(=O)Cc1ccc2[nH]c(=O)[nH]c2c1. The summed E-state index contributed by atoms with van der Waals surface area (Å²) in [5, 5.41) is 0. The van der Waals surface area contributed by atoms with Gasteiger partial charge in [0.15, 0.2) is 0 Å². The number of aromatic amines is 2. The van der Waals surface area contributed by atoms with Crippen LogP contribution in [0.25, 0.3) is 11.0 Å². The van der Waals surface area contributed by atoms with Gasteiger partial charge < -0.3 is 19.6 Å². The lowest BCUT2D eigenvalue weighted by molar-refractivity contribution is -0.153. The molecule has 0 saturated heterocycles. The molecular formula is C23H25N3O4. The van der Waals surface area contributed by atoms with E-state index in [1.165, 1.54) is 0 Å². The van der Waals surface area contributed by atoms with Crippen molar-refractivity contribution >= 4 is 28.6 Å². The van der Waals surface area contributed by atoms with E-state index in [2.05, 4.69) is 9.97 Å². The van der Waals surface area contributed by atoms with Crippen LogP contribution in [0.2, 0.25) is 0 Å². The first-order chi connectivity index (χ1) is 14.2. The van der Waals surface area contributed by atoms with Gasteiger partial charge in [-0.1, -0.05) is 18.2 Å². The van der Waals surface area contributed by atoms with Crippen molar-refractivity contribution in [1.82, 2.24) is 9.97 Å². The number of aromatic nitrogens is 2. The number of hydrogen-bond donors (Lipinski definition) is 2. The summed E-state index contributed by atoms with van der Waals surface area (Å²) in [4.78, 5) is 43.6. The fraction of sp³-hybridized carbons (Fsp3) is 0.348. The van der Waals surface area contributed by atoms with E-state index in [0.29, 0.717) is 12.1 Å². The van der Waals surface area contributed by atoms with Crippen molar-refractivity contribution in [3.63, 3.8) is 0 Å². The molecule has 30 heavy (non-hydrogen) atoms. The number of nitrogens with zero attached hydrogens (tertiary/aromatic N) is 1. The maximum Gasteiger partial charge on any atom is 0.323 e. The number of imidazole rings is 1. The Labute approximate surface area is 174 Å². The summed E-state index contributed by atoms with van der Waals surface area (Å²) in [6, 6.07) is 11.3. The van der Waals surface area contributed by atoms with Crippen LogP contribution in [0.4, 0.5) is 5.69 Å². The van der Waals surface area contributed by atoms with Gasteiger partial charge in [-0.25, -0.2) is 4.79 Å². The number of H-pyrrole nitrogens is 2. The minimum Gasteiger partial charge on any atom is -0.460 e. The average molecular weight is 407 g/mol. The summed E-state index contributed by atoms with van der Waals surface area (Å²) >= 11 is 0. The monoisotopic (exact) mass is 407 g/mol. The lowest BCUT2D eigenvalue weighted by atomic mass is 10.1. The molecule has 0 spiro atoms. The van der Waals surface area contributed by atoms with Gasteiger partial charge in [0.05, 0.1) is 23.9 Å². The number of esters is 1. The third-order valence-electron chi connectivity index (χ3n) is 5.04. The minimum atomic E-state index is -0.506. The van der Waals surface area contributed by atoms with Gasteiger partial charge >= 0.3 is 11.7 Å². The molecule has 0 atom stereocenters. The Morgan fingerprint density at radius 2 is 1.70 bits per heavy atom. The molecule has 0 unspecified atom stereocenters. The Morgan fingerprint density at radius 3 is 2.47 bits per heavy atom. The van der Waals surface area contributed by atoms with Crippen LogP contribution >= 0.6 is 0 Å². The normalized spacial score (nSPS) is 13.5. The number of hydrogen-bond acceptors (Lipinski definition) is 4. The summed E-state index contributed by atoms with van der Waals surface area (Å²) in [5.74, 6) is -0.252. The molecule has 0 bridgehead atoms. The van der Waals surface area contributed by atoms with Crippen LogP contribution in [0.3, 0.4) is 0 Å². The second kappa shape index (κ2) is 7.48. The van der Waals surface area contributed by atoms with Crippen LogP contribution in [0, 0.1) is 0 Å². The molecule has 1 aromatic heterocycles. The Balaban J connectivity index is 1.46. The highest BCUT2D eigenvalue weighted by molar-refractivity contribution is 5.97. The van der Waals surface area contributed by atoms with Gasteiger partial charge in [-0.15, -0.1) is 0 Å². The predicted molar refractivity (Wildman–Crippen MR) is 115 cm³/mol. The van der Waals surface area contributed by atoms with Gasteiger partial charge in [0, 0.05) is 12.2 Å². The summed E-state index contributed by atoms with van der Waals surface area (Å²) < 4.78 is 5.39. The van der Waals surface area contributed by atoms with Crippen LogP contribution in [-0.2, 0) is 33.6 Å². The first-order valence-electron chi connectivity index (χ1n) is 10.0. The number of anilines is 1. The summed E-state index contributed by atoms with van der Waals surface area (Å²) in [6.07, 6.45) is 1.23. The smallest absolute Gasteiger partial charge is 0.323 e. The van der Waals surface area contributed by atoms with Crippen molar-refractivity contribution in [3.05, 3.63) is 63.6 Å². The Bertz CT molecular complexity index is 1180. The molecule has 0 aliphatic carbocycles. The van der Waals surface area contributed by atoms with Gasteiger partial charge in [-0.05, 0) is 62.1 Å². The molecule has 3 aromatic rings. The maximum absolute atomic E-state index is 12.9. The van der Waals surface area contributed by atoms with E-state index in [9.17, 15) is 14.4 Å². The zero-order valence-corrected chi connectivity index (χ0v) is 17.4. The quantitative estimate of drug-likeness (QED) is 0.650. The third kappa shape index (κ3) is 4.30. The third-order valence-corrected chi connectivity index (χ3v) is 5.04. The van der Waals surface area contributed by atoms with E-state index in [-0.39, 0.29) is 30.4 Å². The van der Waals surface area contributed by atoms with Crippen molar-refractivity contribution in [2.75, 3.05) is 11.4 Å². The second-order valence-corrected chi connectivity index (χ2v) is 8.66. The minimum absolute atomic E-state index is 0.00544. The molecule has 156 valence electrons. The van der Waals surface area contributed by atoms with Crippen LogP contribution in [0.15, 0.2) is 41.2 Å². The van der Waals surface area contributed by atoms with E-state index in [0.717, 1.165) is 34.3 Å². The van der Waals surface area contributed by atoms with Crippen LogP contribution in [0.5, 0.6) is 0 Å². The molecule has 1 aliphatic rings. The standard InChI is InChI=1S/C23H25N3O4/c1-23(2,3)30-21(28)13-14-5-7-19-16(10-14)8-9-26(19)20(27)12-15-4-6-17-18(11-15)25-22(29)24-17/h4-7,10-11H,8-9,12-13H2,1-3H3,(H2,24,25,29). The molecule has 4 rings (SSSR count). The van der Waals surface area contributed by atoms with Gasteiger partial charge in [-0.2, -0.15) is 0 Å². The van der Waals surface area contributed by atoms with Crippen LogP contribution in [0.1, 0.15) is 37.5 Å². The van der Waals surface area contributed by atoms with E-state index in [4.69, 9.17) is 4.74 Å². The maximum atomic E-state index is 12.9. The number of ether oxygens (including phenoxy) is 1. The fourth-order valence-electron chi connectivity index (χ4n) is 3.83. The van der Waals surface area contributed by atoms with Crippen molar-refractivity contribution in [3.8, 4) is 0 Å². The van der Waals surface area contributed by atoms with Crippen molar-refractivity contribution < 1.29 is 14.3 Å². The predicted octanol–water partition coefficient (Wildman–Crippen LogP) is 2.87. The fourth-order valence-corrected chi connectivity index (χ4v) is 3.83. The molecule has 0 radical (unpaired) electrons. The molecule has 2 aromatic carbocycles. The Morgan fingerprint density at radius 1 is 1.00 bits per heavy atom. The van der Waals surface area contributed by atoms with Crippen molar-refractivity contribution in [2.24, 2.45) is 0 Å². The lowest BCUT2D eigenvalue weighted by Gasteiger charge is -2.20. The highest BCUT2D eigenvalue weighted by Gasteiger charge is 2.25. The van der Waals surface area contributed by atoms with Gasteiger partial charge in [0.2, 0.25) is 5.91 Å². The zero-order valence-electron chi connectivity index (χ0n) is 17.4. The molecule has 0 fully saturated rings. The first kappa shape index (κ1) is 19.9. The number of benzene rings is 2. The molecule has 2 heterocycles. The largest absolute Gasteiger partial charge is 0.460 e. The number of amides is 1. The van der Waals surface area contributed by atoms with Gasteiger partial charge in [0.1, 0.15) is 5.60 Å². The second-order valence-electron chi connectivity index (χ2n) is 8.66. The van der Waals surface area contributed by atoms with E-state index >= 15 is 0 Å². The highest BCUT2D eigenvalue weighted by atomic mass is 16.6. The number of fused-ring (bicyclic) bond motifs is 2. The van der Waals surface area contributed by atoms with Gasteiger partial charge in [-0.3, -0.25) is 9.59 Å². The lowest BCUT2D eigenvalue weighted by Crippen LogP contribution is -2.30. The summed E-state index contributed by atoms with van der Waals surface area (Å²) in [5.41, 5.74) is 4.34. The van der Waals surface area contributed by atoms with E-state index in [1.807, 2.05) is 51.1 Å². The first-order valence-corrected chi connectivity index (χ1v) is 10.0. The number of rotatable bonds is 4. The van der Waals surface area contributed by atoms with Crippen molar-refractivity contribution in [2.45, 2.75) is 45.6 Å². The van der Waals surface area contributed by atoms with Crippen LogP contribution < -0.4 is 10.6 Å². The molecule has 1 aliphatic heterocycles. The molecule has 1 amide bonds. The van der Waals surface area contributed by atoms with E-state index in [1.54, 1.807) is 11.0 Å². The average Bonchev–Trinajstić information content (AvgIpc) is 3.21. The topological polar surface area (TPSA) is 95.3 Å². The van der Waals surface area contributed by atoms with Crippen LogP contribution in [-0.4, -0.2) is 34.0 Å². The highest BCUT2D eigenvalue weighted by Crippen LogP contribution is 2.30. The number of carbonyl (C=O) groups is 2. The van der Waals surface area contributed by atoms with Gasteiger partial charge in [0.25, 0.3) is 0 Å². The van der Waals surface area contributed by atoms with Crippen molar-refractivity contribution in [1.29, 1.82) is 0 Å². The Kier molecular flexibility index (Phi) is 4.97. The molecule has 0 saturated carbocycles. The Hall–Kier alpha value is -3.35. The molecule has 7 heteroatoms. The molecule has 7 nitrogen and oxygen atoms in total. The zero-order chi connectivity index (χ0) is 21.5. The molecule has 2 N–H and O–H groups in total. The van der Waals surface area contributed by atoms with E-state index < -0.39 is 5.60 Å². The summed E-state index contributed by atoms with van der Waals surface area (Å²) in [7, 11) is 0. The molecular weight excluding hydrogens is 382 g/mol.